The van der Waals surface area contributed by atoms with Crippen molar-refractivity contribution in [2.24, 2.45) is 0 Å². The number of aromatic nitrogens is 2. The summed E-state index contributed by atoms with van der Waals surface area (Å²) >= 11 is 0. The highest BCUT2D eigenvalue weighted by molar-refractivity contribution is 5.67. The lowest BCUT2D eigenvalue weighted by atomic mass is 10.00. The Kier molecular flexibility index (Phi) is 6.23. The molecule has 5 rings (SSSR count). The molecule has 3 aromatic rings. The normalized spacial score (nSPS) is 22.1. The van der Waals surface area contributed by atoms with E-state index >= 15 is 0 Å². The number of carbonyl (C=O) groups excluding carboxylic acids is 1. The van der Waals surface area contributed by atoms with Gasteiger partial charge in [0.1, 0.15) is 18.0 Å². The van der Waals surface area contributed by atoms with Crippen molar-refractivity contribution in [3.05, 3.63) is 66.3 Å². The molecule has 2 saturated heterocycles. The van der Waals surface area contributed by atoms with Crippen LogP contribution in [0.15, 0.2) is 59.6 Å². The number of oxazole rings is 1. The first kappa shape index (κ1) is 21.4. The van der Waals surface area contributed by atoms with Crippen LogP contribution in [-0.2, 0) is 17.7 Å². The summed E-state index contributed by atoms with van der Waals surface area (Å²) in [6.45, 7) is 2.75. The third kappa shape index (κ3) is 4.99. The number of carbonyl (C=O) groups is 1. The van der Waals surface area contributed by atoms with E-state index in [1.165, 1.54) is 12.8 Å². The summed E-state index contributed by atoms with van der Waals surface area (Å²) in [7, 11) is 0. The second kappa shape index (κ2) is 9.60. The van der Waals surface area contributed by atoms with Crippen molar-refractivity contribution in [3.63, 3.8) is 0 Å². The minimum absolute atomic E-state index is 0.180. The summed E-state index contributed by atoms with van der Waals surface area (Å²) in [5.41, 5.74) is 2.96. The van der Waals surface area contributed by atoms with Gasteiger partial charge in [-0.3, -0.25) is 0 Å². The smallest absolute Gasteiger partial charge is 0.407 e. The molecular weight excluding hydrogens is 422 g/mol. The molecule has 172 valence electrons. The quantitative estimate of drug-likeness (QED) is 0.503. The molecule has 0 bridgehead atoms. The molecule has 0 aliphatic carbocycles. The topological polar surface area (TPSA) is 113 Å². The number of nitrogens with zero attached hydrogens (tertiary/aromatic N) is 3. The Morgan fingerprint density at radius 3 is 2.82 bits per heavy atom. The molecule has 2 aliphatic rings. The standard InChI is InChI=1S/C24H27N5O4/c30-20-13-27-19(10-16-2-4-18(5-3-16)21-14-25-15-32-21)23(20)33-24(31)28-12-17-6-7-26-22(11-17)29-8-1-9-29/h2-7,11,14-15,19-20,23,27,30H,1,8-10,12-13H2,(H,28,31)/t19-,20+,23+/m1/s1. The first-order valence-electron chi connectivity index (χ1n) is 11.2. The number of hydrogen-bond donors (Lipinski definition) is 3. The van der Waals surface area contributed by atoms with Crippen LogP contribution in [0.5, 0.6) is 0 Å². The zero-order valence-corrected chi connectivity index (χ0v) is 18.2. The van der Waals surface area contributed by atoms with Crippen LogP contribution in [-0.4, -0.2) is 59.1 Å². The number of amides is 1. The number of pyridine rings is 1. The molecule has 2 aliphatic heterocycles. The molecule has 3 N–H and O–H groups in total. The third-order valence-electron chi connectivity index (χ3n) is 6.16. The molecule has 3 atom stereocenters. The predicted octanol–water partition coefficient (Wildman–Crippen LogP) is 2.12. The van der Waals surface area contributed by atoms with Crippen molar-refractivity contribution in [2.75, 3.05) is 24.5 Å². The van der Waals surface area contributed by atoms with Crippen LogP contribution < -0.4 is 15.5 Å². The van der Waals surface area contributed by atoms with Crippen molar-refractivity contribution in [3.8, 4) is 11.3 Å². The van der Waals surface area contributed by atoms with E-state index in [1.807, 2.05) is 36.4 Å². The summed E-state index contributed by atoms with van der Waals surface area (Å²) in [6, 6.07) is 11.6. The van der Waals surface area contributed by atoms with Gasteiger partial charge in [-0.1, -0.05) is 24.3 Å². The number of alkyl carbamates (subject to hydrolysis) is 1. The zero-order valence-electron chi connectivity index (χ0n) is 18.2. The lowest BCUT2D eigenvalue weighted by Crippen LogP contribution is -2.41. The Labute approximate surface area is 191 Å². The van der Waals surface area contributed by atoms with Gasteiger partial charge in [-0.15, -0.1) is 0 Å². The zero-order chi connectivity index (χ0) is 22.6. The molecule has 0 radical (unpaired) electrons. The SMILES string of the molecule is O=C(NCc1ccnc(N2CCC2)c1)O[C@@H]1[C@@H](O)CN[C@@H]1Cc1ccc(-c2cnco2)cc1. The van der Waals surface area contributed by atoms with Crippen LogP contribution in [0.4, 0.5) is 10.6 Å². The summed E-state index contributed by atoms with van der Waals surface area (Å²) in [6.07, 6.45) is 4.70. The molecule has 1 amide bonds. The van der Waals surface area contributed by atoms with Gasteiger partial charge >= 0.3 is 6.09 Å². The average molecular weight is 450 g/mol. The van der Waals surface area contributed by atoms with Crippen molar-refractivity contribution in [1.29, 1.82) is 0 Å². The number of rotatable bonds is 7. The maximum absolute atomic E-state index is 12.5. The van der Waals surface area contributed by atoms with Crippen molar-refractivity contribution >= 4 is 11.9 Å². The molecule has 0 saturated carbocycles. The average Bonchev–Trinajstić information content (AvgIpc) is 3.44. The molecule has 33 heavy (non-hydrogen) atoms. The summed E-state index contributed by atoms with van der Waals surface area (Å²) in [5.74, 6) is 1.64. The number of benzene rings is 1. The monoisotopic (exact) mass is 449 g/mol. The molecule has 4 heterocycles. The molecule has 1 aromatic carbocycles. The van der Waals surface area contributed by atoms with Crippen LogP contribution in [0.2, 0.25) is 0 Å². The highest BCUT2D eigenvalue weighted by atomic mass is 16.6. The number of ether oxygens (including phenoxy) is 1. The molecule has 2 aromatic heterocycles. The molecular formula is C24H27N5O4. The van der Waals surface area contributed by atoms with E-state index in [4.69, 9.17) is 9.15 Å². The first-order chi connectivity index (χ1) is 16.2. The fraction of sp³-hybridized carbons (Fsp3) is 0.375. The van der Waals surface area contributed by atoms with E-state index in [-0.39, 0.29) is 6.04 Å². The van der Waals surface area contributed by atoms with Crippen LogP contribution in [0.3, 0.4) is 0 Å². The van der Waals surface area contributed by atoms with Gasteiger partial charge in [0, 0.05) is 37.9 Å². The highest BCUT2D eigenvalue weighted by Crippen LogP contribution is 2.22. The number of β-amino-alcohol motifs (C(OH)–C–C–N with tert-alkyl or cyclic N) is 1. The van der Waals surface area contributed by atoms with Gasteiger partial charge in [-0.05, 0) is 36.1 Å². The number of hydrogen-bond acceptors (Lipinski definition) is 8. The Bertz CT molecular complexity index is 1070. The number of nitrogens with one attached hydrogen (secondary N) is 2. The molecule has 0 unspecified atom stereocenters. The number of anilines is 1. The second-order valence-electron chi connectivity index (χ2n) is 8.44. The van der Waals surface area contributed by atoms with Gasteiger partial charge in [0.25, 0.3) is 0 Å². The third-order valence-corrected chi connectivity index (χ3v) is 6.16. The van der Waals surface area contributed by atoms with Crippen LogP contribution >= 0.6 is 0 Å². The van der Waals surface area contributed by atoms with Crippen LogP contribution in [0.1, 0.15) is 17.5 Å². The molecule has 2 fully saturated rings. The minimum Gasteiger partial charge on any atom is -0.444 e. The van der Waals surface area contributed by atoms with Gasteiger partial charge in [0.15, 0.2) is 12.2 Å². The summed E-state index contributed by atoms with van der Waals surface area (Å²) < 4.78 is 10.9. The molecule has 0 spiro atoms. The Hall–Kier alpha value is -3.43. The Morgan fingerprint density at radius 1 is 1.24 bits per heavy atom. The van der Waals surface area contributed by atoms with E-state index in [1.54, 1.807) is 12.4 Å². The second-order valence-corrected chi connectivity index (χ2v) is 8.44. The van der Waals surface area contributed by atoms with Crippen molar-refractivity contribution < 1.29 is 19.1 Å². The summed E-state index contributed by atoms with van der Waals surface area (Å²) in [5, 5.41) is 16.4. The van der Waals surface area contributed by atoms with E-state index in [0.717, 1.165) is 35.6 Å². The minimum atomic E-state index is -0.756. The van der Waals surface area contributed by atoms with Gasteiger partial charge in [0.2, 0.25) is 0 Å². The summed E-state index contributed by atoms with van der Waals surface area (Å²) in [4.78, 5) is 23.0. The van der Waals surface area contributed by atoms with Gasteiger partial charge in [0.05, 0.1) is 12.2 Å². The van der Waals surface area contributed by atoms with E-state index < -0.39 is 18.3 Å². The van der Waals surface area contributed by atoms with E-state index in [0.29, 0.717) is 25.3 Å². The Morgan fingerprint density at radius 2 is 2.09 bits per heavy atom. The maximum Gasteiger partial charge on any atom is 0.407 e. The fourth-order valence-corrected chi connectivity index (χ4v) is 4.17. The molecule has 9 heteroatoms. The fourth-order valence-electron chi connectivity index (χ4n) is 4.17. The van der Waals surface area contributed by atoms with Crippen LogP contribution in [0.25, 0.3) is 11.3 Å². The van der Waals surface area contributed by atoms with Crippen molar-refractivity contribution in [2.45, 2.75) is 37.6 Å². The predicted molar refractivity (Wildman–Crippen MR) is 122 cm³/mol. The van der Waals surface area contributed by atoms with Crippen LogP contribution in [0, 0.1) is 0 Å². The largest absolute Gasteiger partial charge is 0.444 e. The Balaban J connectivity index is 1.15. The van der Waals surface area contributed by atoms with E-state index in [9.17, 15) is 9.90 Å². The van der Waals surface area contributed by atoms with E-state index in [2.05, 4.69) is 25.5 Å². The lowest BCUT2D eigenvalue weighted by Gasteiger charge is -2.32. The maximum atomic E-state index is 12.5. The number of aliphatic hydroxyl groups is 1. The highest BCUT2D eigenvalue weighted by Gasteiger charge is 2.37. The van der Waals surface area contributed by atoms with Crippen molar-refractivity contribution in [1.82, 2.24) is 20.6 Å². The van der Waals surface area contributed by atoms with Gasteiger partial charge < -0.3 is 29.8 Å². The first-order valence-corrected chi connectivity index (χ1v) is 11.2. The lowest BCUT2D eigenvalue weighted by molar-refractivity contribution is 0.0188. The van der Waals surface area contributed by atoms with Gasteiger partial charge in [-0.25, -0.2) is 14.8 Å². The van der Waals surface area contributed by atoms with Gasteiger partial charge in [-0.2, -0.15) is 0 Å². The molecule has 9 nitrogen and oxygen atoms in total. The number of aliphatic hydroxyl groups excluding tert-OH is 1.